The molecule has 0 fully saturated rings. The summed E-state index contributed by atoms with van der Waals surface area (Å²) in [5.41, 5.74) is 0. The van der Waals surface area contributed by atoms with Crippen LogP contribution >= 0.6 is 11.6 Å². The van der Waals surface area contributed by atoms with Gasteiger partial charge >= 0.3 is 0 Å². The van der Waals surface area contributed by atoms with E-state index in [1.807, 2.05) is 36.9 Å². The quantitative estimate of drug-likeness (QED) is 0.891. The van der Waals surface area contributed by atoms with E-state index >= 15 is 0 Å². The molecule has 1 aromatic heterocycles. The van der Waals surface area contributed by atoms with Crippen LogP contribution in [0, 0.1) is 0 Å². The lowest BCUT2D eigenvalue weighted by atomic mass is 10.1. The van der Waals surface area contributed by atoms with Gasteiger partial charge in [-0.05, 0) is 31.5 Å². The standard InChI is InChI=1S/C15H19ClN2O2/c1-11(20-13-5-3-4-12(16)10-13)14(19)6-7-15-17-8-9-18(15)2/h3-5,8-11,14,19H,6-7H2,1-2H3. The highest BCUT2D eigenvalue weighted by Gasteiger charge is 2.16. The molecule has 0 saturated carbocycles. The van der Waals surface area contributed by atoms with Crippen molar-refractivity contribution in [3.63, 3.8) is 0 Å². The Hall–Kier alpha value is -1.52. The molecule has 20 heavy (non-hydrogen) atoms. The van der Waals surface area contributed by atoms with Crippen LogP contribution in [0.2, 0.25) is 5.02 Å². The Bertz CT molecular complexity index is 556. The Balaban J connectivity index is 1.86. The van der Waals surface area contributed by atoms with Gasteiger partial charge in [0.05, 0.1) is 6.10 Å². The minimum Gasteiger partial charge on any atom is -0.488 e. The van der Waals surface area contributed by atoms with Crippen LogP contribution in [0.3, 0.4) is 0 Å². The summed E-state index contributed by atoms with van der Waals surface area (Å²) in [4.78, 5) is 4.24. The molecule has 0 aliphatic heterocycles. The Morgan fingerprint density at radius 3 is 2.90 bits per heavy atom. The second kappa shape index (κ2) is 6.77. The fraction of sp³-hybridized carbons (Fsp3) is 0.400. The summed E-state index contributed by atoms with van der Waals surface area (Å²) in [5.74, 6) is 1.63. The maximum Gasteiger partial charge on any atom is 0.122 e. The van der Waals surface area contributed by atoms with Crippen LogP contribution in [0.1, 0.15) is 19.2 Å². The van der Waals surface area contributed by atoms with E-state index in [4.69, 9.17) is 16.3 Å². The first-order valence-corrected chi connectivity index (χ1v) is 7.00. The number of hydrogen-bond acceptors (Lipinski definition) is 3. The van der Waals surface area contributed by atoms with Gasteiger partial charge < -0.3 is 14.4 Å². The second-order valence-electron chi connectivity index (χ2n) is 4.84. The van der Waals surface area contributed by atoms with E-state index < -0.39 is 6.10 Å². The number of aryl methyl sites for hydroxylation is 2. The van der Waals surface area contributed by atoms with Gasteiger partial charge in [-0.1, -0.05) is 17.7 Å². The summed E-state index contributed by atoms with van der Waals surface area (Å²) in [6, 6.07) is 7.18. The average molecular weight is 295 g/mol. The molecule has 2 unspecified atom stereocenters. The first-order valence-electron chi connectivity index (χ1n) is 6.63. The van der Waals surface area contributed by atoms with E-state index in [1.54, 1.807) is 18.3 Å². The van der Waals surface area contributed by atoms with Crippen molar-refractivity contribution >= 4 is 11.6 Å². The zero-order chi connectivity index (χ0) is 14.5. The molecule has 2 atom stereocenters. The Labute approximate surface area is 124 Å². The van der Waals surface area contributed by atoms with E-state index in [2.05, 4.69) is 4.98 Å². The molecule has 0 bridgehead atoms. The van der Waals surface area contributed by atoms with Crippen molar-refractivity contribution in [2.45, 2.75) is 32.0 Å². The van der Waals surface area contributed by atoms with Crippen LogP contribution in [-0.2, 0) is 13.5 Å². The van der Waals surface area contributed by atoms with E-state index in [1.165, 1.54) is 0 Å². The fourth-order valence-electron chi connectivity index (χ4n) is 1.98. The number of halogens is 1. The fourth-order valence-corrected chi connectivity index (χ4v) is 2.16. The third-order valence-electron chi connectivity index (χ3n) is 3.24. The van der Waals surface area contributed by atoms with Crippen LogP contribution in [0.5, 0.6) is 5.75 Å². The molecule has 0 saturated heterocycles. The highest BCUT2D eigenvalue weighted by Crippen LogP contribution is 2.19. The third-order valence-corrected chi connectivity index (χ3v) is 3.48. The Morgan fingerprint density at radius 1 is 1.45 bits per heavy atom. The van der Waals surface area contributed by atoms with Gasteiger partial charge in [-0.3, -0.25) is 0 Å². The molecule has 0 amide bonds. The topological polar surface area (TPSA) is 47.3 Å². The first kappa shape index (κ1) is 14.9. The van der Waals surface area contributed by atoms with Gasteiger partial charge in [0.15, 0.2) is 0 Å². The van der Waals surface area contributed by atoms with Gasteiger partial charge in [0.25, 0.3) is 0 Å². The molecule has 0 aliphatic carbocycles. The largest absolute Gasteiger partial charge is 0.488 e. The molecule has 2 rings (SSSR count). The minimum absolute atomic E-state index is 0.297. The van der Waals surface area contributed by atoms with Gasteiger partial charge in [0.1, 0.15) is 17.7 Å². The molecule has 1 aromatic carbocycles. The van der Waals surface area contributed by atoms with Crippen molar-refractivity contribution in [1.82, 2.24) is 9.55 Å². The molecule has 2 aromatic rings. The van der Waals surface area contributed by atoms with Crippen molar-refractivity contribution < 1.29 is 9.84 Å². The van der Waals surface area contributed by atoms with Crippen molar-refractivity contribution in [3.05, 3.63) is 47.5 Å². The number of benzene rings is 1. The molecular formula is C15H19ClN2O2. The molecule has 0 aliphatic rings. The molecule has 4 nitrogen and oxygen atoms in total. The highest BCUT2D eigenvalue weighted by atomic mass is 35.5. The summed E-state index contributed by atoms with van der Waals surface area (Å²) in [6.45, 7) is 1.85. The first-order chi connectivity index (χ1) is 9.56. The Morgan fingerprint density at radius 2 is 2.25 bits per heavy atom. The maximum absolute atomic E-state index is 10.1. The van der Waals surface area contributed by atoms with Crippen molar-refractivity contribution in [1.29, 1.82) is 0 Å². The maximum atomic E-state index is 10.1. The van der Waals surface area contributed by atoms with E-state index in [0.29, 0.717) is 23.6 Å². The van der Waals surface area contributed by atoms with Crippen molar-refractivity contribution in [2.24, 2.45) is 7.05 Å². The number of ether oxygens (including phenoxy) is 1. The van der Waals surface area contributed by atoms with Crippen LogP contribution in [0.4, 0.5) is 0 Å². The van der Waals surface area contributed by atoms with E-state index in [-0.39, 0.29) is 6.10 Å². The monoisotopic (exact) mass is 294 g/mol. The van der Waals surface area contributed by atoms with Gasteiger partial charge in [-0.15, -0.1) is 0 Å². The Kier molecular flexibility index (Phi) is 5.04. The third kappa shape index (κ3) is 3.99. The summed E-state index contributed by atoms with van der Waals surface area (Å²) >= 11 is 5.90. The van der Waals surface area contributed by atoms with Crippen molar-refractivity contribution in [3.8, 4) is 5.75 Å². The van der Waals surface area contributed by atoms with Crippen molar-refractivity contribution in [2.75, 3.05) is 0 Å². The number of rotatable bonds is 6. The number of imidazole rings is 1. The van der Waals surface area contributed by atoms with Gasteiger partial charge in [0.2, 0.25) is 0 Å². The normalized spacial score (nSPS) is 14.0. The number of aromatic nitrogens is 2. The van der Waals surface area contributed by atoms with E-state index in [9.17, 15) is 5.11 Å². The zero-order valence-electron chi connectivity index (χ0n) is 11.7. The minimum atomic E-state index is -0.550. The summed E-state index contributed by atoms with van der Waals surface area (Å²) in [6.07, 6.45) is 4.13. The van der Waals surface area contributed by atoms with Crippen LogP contribution in [-0.4, -0.2) is 26.9 Å². The molecule has 0 spiro atoms. The number of hydrogen-bond donors (Lipinski definition) is 1. The lowest BCUT2D eigenvalue weighted by Gasteiger charge is -2.20. The van der Waals surface area contributed by atoms with Crippen LogP contribution < -0.4 is 4.74 Å². The number of aliphatic hydroxyl groups excluding tert-OH is 1. The predicted molar refractivity (Wildman–Crippen MR) is 79.1 cm³/mol. The molecule has 108 valence electrons. The number of nitrogens with zero attached hydrogens (tertiary/aromatic N) is 2. The molecule has 1 heterocycles. The highest BCUT2D eigenvalue weighted by molar-refractivity contribution is 6.30. The van der Waals surface area contributed by atoms with Gasteiger partial charge in [-0.25, -0.2) is 4.98 Å². The molecule has 0 radical (unpaired) electrons. The average Bonchev–Trinajstić information content (AvgIpc) is 2.81. The van der Waals surface area contributed by atoms with Gasteiger partial charge in [0, 0.05) is 30.9 Å². The summed E-state index contributed by atoms with van der Waals surface area (Å²) in [5, 5.41) is 10.8. The summed E-state index contributed by atoms with van der Waals surface area (Å²) in [7, 11) is 1.95. The SMILES string of the molecule is CC(Oc1cccc(Cl)c1)C(O)CCc1nccn1C. The molecular weight excluding hydrogens is 276 g/mol. The second-order valence-corrected chi connectivity index (χ2v) is 5.28. The molecule has 5 heteroatoms. The number of aliphatic hydroxyl groups is 1. The predicted octanol–water partition coefficient (Wildman–Crippen LogP) is 2.83. The lowest BCUT2D eigenvalue weighted by Crippen LogP contribution is -2.29. The van der Waals surface area contributed by atoms with Crippen LogP contribution in [0.25, 0.3) is 0 Å². The zero-order valence-corrected chi connectivity index (χ0v) is 12.4. The van der Waals surface area contributed by atoms with Crippen LogP contribution in [0.15, 0.2) is 36.7 Å². The van der Waals surface area contributed by atoms with E-state index in [0.717, 1.165) is 5.82 Å². The summed E-state index contributed by atoms with van der Waals surface area (Å²) < 4.78 is 7.65. The lowest BCUT2D eigenvalue weighted by molar-refractivity contribution is 0.0416. The van der Waals surface area contributed by atoms with Gasteiger partial charge in [-0.2, -0.15) is 0 Å². The smallest absolute Gasteiger partial charge is 0.122 e. The molecule has 1 N–H and O–H groups in total.